The third-order valence-corrected chi connectivity index (χ3v) is 8.34. The van der Waals surface area contributed by atoms with E-state index >= 15 is 0 Å². The van der Waals surface area contributed by atoms with Gasteiger partial charge in [-0.1, -0.05) is 24.3 Å². The Bertz CT molecular complexity index is 2160. The Labute approximate surface area is 300 Å². The van der Waals surface area contributed by atoms with Gasteiger partial charge in [0.1, 0.15) is 11.5 Å². The molecule has 2 fully saturated rings. The predicted octanol–water partition coefficient (Wildman–Crippen LogP) is 3.81. The molecule has 2 aliphatic heterocycles. The van der Waals surface area contributed by atoms with Crippen molar-refractivity contribution in [1.29, 1.82) is 0 Å². The number of hydrogen-bond acceptors (Lipinski definition) is 16. The topological polar surface area (TPSA) is 199 Å². The van der Waals surface area contributed by atoms with E-state index in [0.717, 1.165) is 54.5 Å². The number of nitrogen functional groups attached to an aromatic ring is 2. The molecule has 2 aliphatic rings. The number of benzene rings is 2. The molecule has 8 rings (SSSR count). The minimum absolute atomic E-state index is 0.191. The Morgan fingerprint density at radius 2 is 1.19 bits per heavy atom. The van der Waals surface area contributed by atoms with Crippen LogP contribution in [-0.4, -0.2) is 106 Å². The molecular weight excluding hydrogens is 664 g/mol. The van der Waals surface area contributed by atoms with Crippen LogP contribution in [0.25, 0.3) is 44.8 Å². The summed E-state index contributed by atoms with van der Waals surface area (Å²) in [5, 5.41) is 0. The van der Waals surface area contributed by atoms with Gasteiger partial charge in [-0.3, -0.25) is 0 Å². The minimum atomic E-state index is 0.191. The Balaban J connectivity index is 0.000000162. The number of rotatable bonds is 8. The van der Waals surface area contributed by atoms with Crippen LogP contribution < -0.4 is 30.7 Å². The van der Waals surface area contributed by atoms with Crippen LogP contribution in [0.1, 0.15) is 13.8 Å². The van der Waals surface area contributed by atoms with Crippen molar-refractivity contribution in [1.82, 2.24) is 39.9 Å². The van der Waals surface area contributed by atoms with E-state index in [0.29, 0.717) is 79.3 Å². The molecule has 268 valence electrons. The maximum absolute atomic E-state index is 5.88. The van der Waals surface area contributed by atoms with Gasteiger partial charge in [-0.15, -0.1) is 0 Å². The number of ether oxygens (including phenoxy) is 4. The van der Waals surface area contributed by atoms with Crippen molar-refractivity contribution in [2.45, 2.75) is 13.8 Å². The number of anilines is 4. The first-order valence-corrected chi connectivity index (χ1v) is 17.2. The summed E-state index contributed by atoms with van der Waals surface area (Å²) in [6, 6.07) is 15.6. The normalized spacial score (nSPS) is 14.6. The highest BCUT2D eigenvalue weighted by Crippen LogP contribution is 2.31. The summed E-state index contributed by atoms with van der Waals surface area (Å²) >= 11 is 0. The molecular formula is C36H40N12O4. The molecule has 0 saturated carbocycles. The molecule has 2 aromatic carbocycles. The average molecular weight is 705 g/mol. The number of nitrogens with two attached hydrogens (primary N) is 2. The number of nitrogens with zero attached hydrogens (tertiary/aromatic N) is 10. The molecule has 2 saturated heterocycles. The van der Waals surface area contributed by atoms with Crippen LogP contribution in [0.2, 0.25) is 0 Å². The molecule has 0 unspecified atom stereocenters. The van der Waals surface area contributed by atoms with E-state index in [-0.39, 0.29) is 11.9 Å². The zero-order valence-electron chi connectivity index (χ0n) is 29.1. The van der Waals surface area contributed by atoms with E-state index in [1.807, 2.05) is 62.4 Å². The van der Waals surface area contributed by atoms with Gasteiger partial charge in [-0.25, -0.2) is 19.9 Å². The number of morpholine rings is 2. The van der Waals surface area contributed by atoms with E-state index in [1.165, 1.54) is 0 Å². The zero-order chi connectivity index (χ0) is 35.9. The molecule has 6 heterocycles. The minimum Gasteiger partial charge on any atom is -0.494 e. The summed E-state index contributed by atoms with van der Waals surface area (Å²) in [6.45, 7) is 10.6. The summed E-state index contributed by atoms with van der Waals surface area (Å²) < 4.78 is 22.2. The Hall–Kier alpha value is -6.00. The van der Waals surface area contributed by atoms with Gasteiger partial charge in [0.25, 0.3) is 0 Å². The lowest BCUT2D eigenvalue weighted by Crippen LogP contribution is -2.37. The molecule has 0 atom stereocenters. The fourth-order valence-corrected chi connectivity index (χ4v) is 5.95. The van der Waals surface area contributed by atoms with E-state index in [9.17, 15) is 0 Å². The van der Waals surface area contributed by atoms with Crippen molar-refractivity contribution in [2.75, 3.05) is 87.1 Å². The van der Waals surface area contributed by atoms with Crippen molar-refractivity contribution in [3.63, 3.8) is 0 Å². The van der Waals surface area contributed by atoms with Crippen LogP contribution in [0.15, 0.2) is 60.9 Å². The van der Waals surface area contributed by atoms with Crippen LogP contribution in [0.4, 0.5) is 23.5 Å². The first-order chi connectivity index (χ1) is 25.5. The Kier molecular flexibility index (Phi) is 10.5. The number of hydrogen-bond donors (Lipinski definition) is 2. The highest BCUT2D eigenvalue weighted by molar-refractivity contribution is 5.87. The van der Waals surface area contributed by atoms with Crippen LogP contribution in [-0.2, 0) is 9.47 Å². The third kappa shape index (κ3) is 7.67. The molecule has 16 heteroatoms. The van der Waals surface area contributed by atoms with Crippen molar-refractivity contribution in [3.05, 3.63) is 60.9 Å². The molecule has 0 aliphatic carbocycles. The summed E-state index contributed by atoms with van der Waals surface area (Å²) in [5.74, 6) is 3.35. The molecule has 6 aromatic rings. The molecule has 52 heavy (non-hydrogen) atoms. The summed E-state index contributed by atoms with van der Waals surface area (Å²) in [6.07, 6.45) is 3.39. The van der Waals surface area contributed by atoms with Crippen LogP contribution in [0.3, 0.4) is 0 Å². The maximum Gasteiger partial charge on any atom is 0.224 e. The number of para-hydroxylation sites is 1. The summed E-state index contributed by atoms with van der Waals surface area (Å²) in [4.78, 5) is 40.0. The van der Waals surface area contributed by atoms with Crippen molar-refractivity contribution in [3.8, 4) is 34.0 Å². The monoisotopic (exact) mass is 704 g/mol. The van der Waals surface area contributed by atoms with Crippen LogP contribution in [0.5, 0.6) is 11.5 Å². The Morgan fingerprint density at radius 3 is 1.79 bits per heavy atom. The standard InChI is InChI=1S/2C18H20N6O2/c1-2-26-13-5-3-4-12(10-13)14-11-20-16-15(21-14)17(23-18(19)22-16)24-6-8-25-9-7-24;1-2-26-14-6-4-3-5-12(14)13-11-20-16-15(21-13)17(23-18(19)22-16)24-7-9-25-10-8-24/h3-5,10-11H,2,6-9H2,1H3,(H2,19,20,22,23);3-6,11H,2,7-10H2,1H3,(H2,19,20,22,23). The summed E-state index contributed by atoms with van der Waals surface area (Å²) in [5.41, 5.74) is 17.2. The second-order valence-corrected chi connectivity index (χ2v) is 11.8. The van der Waals surface area contributed by atoms with Crippen molar-refractivity contribution < 1.29 is 18.9 Å². The fourth-order valence-electron chi connectivity index (χ4n) is 5.95. The highest BCUT2D eigenvalue weighted by atomic mass is 16.5. The van der Waals surface area contributed by atoms with Gasteiger partial charge in [0.05, 0.1) is 63.4 Å². The SMILES string of the molecule is CCOc1cccc(-c2cnc3nc(N)nc(N4CCOCC4)c3n2)c1.CCOc1ccccc1-c1cnc2nc(N)nc(N3CCOCC3)c2n1. The predicted molar refractivity (Wildman–Crippen MR) is 198 cm³/mol. The number of aromatic nitrogens is 8. The molecule has 0 spiro atoms. The van der Waals surface area contributed by atoms with E-state index in [1.54, 1.807) is 12.4 Å². The van der Waals surface area contributed by atoms with E-state index < -0.39 is 0 Å². The molecule has 4 aromatic heterocycles. The van der Waals surface area contributed by atoms with Gasteiger partial charge in [0.2, 0.25) is 11.9 Å². The molecule has 0 bridgehead atoms. The molecule has 4 N–H and O–H groups in total. The van der Waals surface area contributed by atoms with Crippen molar-refractivity contribution in [2.24, 2.45) is 0 Å². The lowest BCUT2D eigenvalue weighted by molar-refractivity contribution is 0.122. The third-order valence-electron chi connectivity index (χ3n) is 8.34. The lowest BCUT2D eigenvalue weighted by atomic mass is 10.1. The Morgan fingerprint density at radius 1 is 0.635 bits per heavy atom. The van der Waals surface area contributed by atoms with Gasteiger partial charge < -0.3 is 40.2 Å². The molecule has 16 nitrogen and oxygen atoms in total. The fraction of sp³-hybridized carbons (Fsp3) is 0.333. The van der Waals surface area contributed by atoms with Gasteiger partial charge in [-0.2, -0.15) is 19.9 Å². The van der Waals surface area contributed by atoms with Gasteiger partial charge >= 0.3 is 0 Å². The largest absolute Gasteiger partial charge is 0.494 e. The average Bonchev–Trinajstić information content (AvgIpc) is 3.18. The van der Waals surface area contributed by atoms with E-state index in [4.69, 9.17) is 40.4 Å². The van der Waals surface area contributed by atoms with Gasteiger partial charge in [-0.05, 0) is 38.1 Å². The second kappa shape index (κ2) is 15.9. The van der Waals surface area contributed by atoms with Crippen LogP contribution >= 0.6 is 0 Å². The van der Waals surface area contributed by atoms with E-state index in [2.05, 4.69) is 39.7 Å². The quantitative estimate of drug-likeness (QED) is 0.232. The van der Waals surface area contributed by atoms with Crippen molar-refractivity contribution >= 4 is 45.9 Å². The highest BCUT2D eigenvalue weighted by Gasteiger charge is 2.21. The second-order valence-electron chi connectivity index (χ2n) is 11.8. The first-order valence-electron chi connectivity index (χ1n) is 17.2. The first kappa shape index (κ1) is 34.4. The number of fused-ring (bicyclic) bond motifs is 2. The molecule has 0 radical (unpaired) electrons. The van der Waals surface area contributed by atoms with Gasteiger partial charge in [0.15, 0.2) is 34.0 Å². The lowest BCUT2D eigenvalue weighted by Gasteiger charge is -2.28. The maximum atomic E-state index is 5.88. The van der Waals surface area contributed by atoms with Crippen LogP contribution in [0, 0.1) is 0 Å². The smallest absolute Gasteiger partial charge is 0.224 e. The summed E-state index contributed by atoms with van der Waals surface area (Å²) in [7, 11) is 0. The zero-order valence-corrected chi connectivity index (χ0v) is 29.1. The molecule has 0 amide bonds. The van der Waals surface area contributed by atoms with Gasteiger partial charge in [0, 0.05) is 37.3 Å².